The second-order valence-corrected chi connectivity index (χ2v) is 4.37. The Morgan fingerprint density at radius 3 is 2.56 bits per heavy atom. The fourth-order valence-electron chi connectivity index (χ4n) is 2.14. The molecule has 1 aromatic carbocycles. The number of pyridine rings is 1. The summed E-state index contributed by atoms with van der Waals surface area (Å²) in [4.78, 5) is 4.48. The van der Waals surface area contributed by atoms with Gasteiger partial charge in [0.1, 0.15) is 0 Å². The first kappa shape index (κ1) is 14.9. The number of aliphatic hydroxyl groups is 1. The Balaban J connectivity index is 0.00000162. The average Bonchev–Trinajstić information content (AvgIpc) is 2.39. The van der Waals surface area contributed by atoms with Crippen LogP contribution in [0, 0.1) is 0 Å². The number of fused-ring (bicyclic) bond motifs is 1. The zero-order valence-electron chi connectivity index (χ0n) is 10.5. The highest BCUT2D eigenvalue weighted by Crippen LogP contribution is 2.18. The molecule has 3 heteroatoms. The van der Waals surface area contributed by atoms with E-state index in [0.29, 0.717) is 6.61 Å². The van der Waals surface area contributed by atoms with E-state index in [4.69, 9.17) is 5.11 Å². The van der Waals surface area contributed by atoms with Crippen molar-refractivity contribution in [2.45, 2.75) is 32.1 Å². The molecule has 2 nitrogen and oxygen atoms in total. The van der Waals surface area contributed by atoms with Crippen LogP contribution in [0.3, 0.4) is 0 Å². The maximum Gasteiger partial charge on any atom is 0.0481 e. The number of rotatable bonds is 6. The minimum atomic E-state index is 0. The number of unbranched alkanes of at least 4 members (excludes halogenated alkanes) is 3. The molecule has 0 radical (unpaired) electrons. The van der Waals surface area contributed by atoms with Crippen molar-refractivity contribution < 1.29 is 5.11 Å². The van der Waals surface area contributed by atoms with Crippen LogP contribution in [0.1, 0.15) is 31.4 Å². The van der Waals surface area contributed by atoms with Gasteiger partial charge in [-0.15, -0.1) is 12.4 Å². The molecule has 1 heterocycles. The van der Waals surface area contributed by atoms with Crippen LogP contribution in [0.15, 0.2) is 36.5 Å². The Morgan fingerprint density at radius 1 is 0.944 bits per heavy atom. The number of benzene rings is 1. The van der Waals surface area contributed by atoms with Gasteiger partial charge in [-0.25, -0.2) is 0 Å². The fraction of sp³-hybridized carbons (Fsp3) is 0.400. The summed E-state index contributed by atoms with van der Waals surface area (Å²) >= 11 is 0. The average molecular weight is 266 g/mol. The number of aryl methyl sites for hydroxylation is 1. The van der Waals surface area contributed by atoms with Gasteiger partial charge in [-0.2, -0.15) is 0 Å². The highest BCUT2D eigenvalue weighted by Gasteiger charge is 2.01. The van der Waals surface area contributed by atoms with Crippen molar-refractivity contribution in [1.82, 2.24) is 4.98 Å². The molecule has 0 aliphatic carbocycles. The number of nitrogens with zero attached hydrogens (tertiary/aromatic N) is 1. The lowest BCUT2D eigenvalue weighted by molar-refractivity contribution is 0.282. The molecule has 98 valence electrons. The van der Waals surface area contributed by atoms with Crippen LogP contribution in [0.4, 0.5) is 0 Å². The van der Waals surface area contributed by atoms with Gasteiger partial charge in [0.2, 0.25) is 0 Å². The van der Waals surface area contributed by atoms with Gasteiger partial charge in [0, 0.05) is 23.9 Å². The summed E-state index contributed by atoms with van der Waals surface area (Å²) in [5.41, 5.74) is 1.20. The number of hydrogen-bond donors (Lipinski definition) is 1. The lowest BCUT2D eigenvalue weighted by Gasteiger charge is -2.05. The van der Waals surface area contributed by atoms with Crippen molar-refractivity contribution in [2.75, 3.05) is 6.61 Å². The quantitative estimate of drug-likeness (QED) is 0.807. The second kappa shape index (κ2) is 8.06. The SMILES string of the molecule is Cl.OCCCCCCc1nccc2ccccc12. The van der Waals surface area contributed by atoms with Gasteiger partial charge in [-0.05, 0) is 30.7 Å². The van der Waals surface area contributed by atoms with E-state index in [9.17, 15) is 0 Å². The molecule has 1 N–H and O–H groups in total. The van der Waals surface area contributed by atoms with E-state index in [-0.39, 0.29) is 12.4 Å². The molecule has 0 aliphatic heterocycles. The van der Waals surface area contributed by atoms with Gasteiger partial charge in [-0.1, -0.05) is 37.1 Å². The van der Waals surface area contributed by atoms with Crippen molar-refractivity contribution >= 4 is 23.2 Å². The number of aliphatic hydroxyl groups excluding tert-OH is 1. The van der Waals surface area contributed by atoms with Gasteiger partial charge in [0.15, 0.2) is 0 Å². The summed E-state index contributed by atoms with van der Waals surface area (Å²) in [6.45, 7) is 0.312. The number of halogens is 1. The van der Waals surface area contributed by atoms with Gasteiger partial charge < -0.3 is 5.11 Å². The first-order valence-electron chi connectivity index (χ1n) is 6.35. The van der Waals surface area contributed by atoms with Crippen LogP contribution >= 0.6 is 12.4 Å². The van der Waals surface area contributed by atoms with Crippen LogP contribution in [0.2, 0.25) is 0 Å². The normalized spacial score (nSPS) is 10.3. The summed E-state index contributed by atoms with van der Waals surface area (Å²) in [5.74, 6) is 0. The lowest BCUT2D eigenvalue weighted by atomic mass is 10.0. The van der Waals surface area contributed by atoms with Crippen molar-refractivity contribution in [3.8, 4) is 0 Å². The standard InChI is InChI=1S/C15H19NO.ClH/c17-12-6-2-1-3-9-15-14-8-5-4-7-13(14)10-11-16-15;/h4-5,7-8,10-11,17H,1-3,6,9,12H2;1H. The Labute approximate surface area is 114 Å². The fourth-order valence-corrected chi connectivity index (χ4v) is 2.14. The summed E-state index contributed by atoms with van der Waals surface area (Å²) in [5, 5.41) is 11.3. The topological polar surface area (TPSA) is 33.1 Å². The molecule has 0 saturated carbocycles. The van der Waals surface area contributed by atoms with Crippen molar-refractivity contribution in [1.29, 1.82) is 0 Å². The Kier molecular flexibility index (Phi) is 6.69. The summed E-state index contributed by atoms with van der Waals surface area (Å²) in [7, 11) is 0. The summed E-state index contributed by atoms with van der Waals surface area (Å²) < 4.78 is 0. The largest absolute Gasteiger partial charge is 0.396 e. The third-order valence-corrected chi connectivity index (χ3v) is 3.08. The van der Waals surface area contributed by atoms with Gasteiger partial charge in [-0.3, -0.25) is 4.98 Å². The van der Waals surface area contributed by atoms with Gasteiger partial charge in [0.05, 0.1) is 0 Å². The Morgan fingerprint density at radius 2 is 1.72 bits per heavy atom. The molecule has 0 aliphatic rings. The number of aromatic nitrogens is 1. The Hall–Kier alpha value is -1.12. The first-order chi connectivity index (χ1) is 8.42. The second-order valence-electron chi connectivity index (χ2n) is 4.37. The smallest absolute Gasteiger partial charge is 0.0481 e. The third kappa shape index (κ3) is 3.97. The minimum absolute atomic E-state index is 0. The molecule has 1 aromatic heterocycles. The predicted octanol–water partition coefficient (Wildman–Crippen LogP) is 3.75. The molecule has 0 bridgehead atoms. The van der Waals surface area contributed by atoms with Crippen molar-refractivity contribution in [3.63, 3.8) is 0 Å². The van der Waals surface area contributed by atoms with Crippen LogP contribution in [0.25, 0.3) is 10.8 Å². The monoisotopic (exact) mass is 265 g/mol. The molecule has 0 amide bonds. The highest BCUT2D eigenvalue weighted by molar-refractivity contribution is 5.85. The van der Waals surface area contributed by atoms with Crippen molar-refractivity contribution in [3.05, 3.63) is 42.2 Å². The van der Waals surface area contributed by atoms with Crippen LogP contribution in [-0.2, 0) is 6.42 Å². The third-order valence-electron chi connectivity index (χ3n) is 3.08. The molecular formula is C15H20ClNO. The zero-order chi connectivity index (χ0) is 11.9. The van der Waals surface area contributed by atoms with E-state index in [2.05, 4.69) is 35.3 Å². The zero-order valence-corrected chi connectivity index (χ0v) is 11.3. The van der Waals surface area contributed by atoms with E-state index in [1.807, 2.05) is 6.20 Å². The van der Waals surface area contributed by atoms with Crippen LogP contribution in [0.5, 0.6) is 0 Å². The van der Waals surface area contributed by atoms with Crippen LogP contribution < -0.4 is 0 Å². The highest BCUT2D eigenvalue weighted by atomic mass is 35.5. The van der Waals surface area contributed by atoms with Crippen LogP contribution in [-0.4, -0.2) is 16.7 Å². The summed E-state index contributed by atoms with van der Waals surface area (Å²) in [6.07, 6.45) is 7.29. The molecule has 2 rings (SSSR count). The number of hydrogen-bond acceptors (Lipinski definition) is 2. The lowest BCUT2D eigenvalue weighted by Crippen LogP contribution is -1.92. The summed E-state index contributed by atoms with van der Waals surface area (Å²) in [6, 6.07) is 10.5. The molecule has 18 heavy (non-hydrogen) atoms. The maximum absolute atomic E-state index is 8.71. The molecule has 2 aromatic rings. The Bertz CT molecular complexity index is 468. The van der Waals surface area contributed by atoms with Crippen molar-refractivity contribution in [2.24, 2.45) is 0 Å². The van der Waals surface area contributed by atoms with Gasteiger partial charge >= 0.3 is 0 Å². The minimum Gasteiger partial charge on any atom is -0.396 e. The molecule has 0 spiro atoms. The predicted molar refractivity (Wildman–Crippen MR) is 78.2 cm³/mol. The molecule has 0 atom stereocenters. The molecule has 0 fully saturated rings. The van der Waals surface area contributed by atoms with E-state index in [1.165, 1.54) is 22.9 Å². The molecular weight excluding hydrogens is 246 g/mol. The van der Waals surface area contributed by atoms with E-state index < -0.39 is 0 Å². The van der Waals surface area contributed by atoms with E-state index in [0.717, 1.165) is 25.7 Å². The molecule has 0 saturated heterocycles. The van der Waals surface area contributed by atoms with E-state index in [1.54, 1.807) is 0 Å². The van der Waals surface area contributed by atoms with E-state index >= 15 is 0 Å². The molecule has 0 unspecified atom stereocenters. The maximum atomic E-state index is 8.71. The first-order valence-corrected chi connectivity index (χ1v) is 6.35. The van der Waals surface area contributed by atoms with Gasteiger partial charge in [0.25, 0.3) is 0 Å².